The fraction of sp³-hybridized carbons (Fsp3) is 0.471. The van der Waals surface area contributed by atoms with Gasteiger partial charge >= 0.3 is 11.8 Å². The summed E-state index contributed by atoms with van der Waals surface area (Å²) in [6.45, 7) is 2.51. The average Bonchev–Trinajstić information content (AvgIpc) is 2.56. The van der Waals surface area contributed by atoms with Gasteiger partial charge < -0.3 is 15.5 Å². The third kappa shape index (κ3) is 4.96. The number of piperidine rings is 1. The summed E-state index contributed by atoms with van der Waals surface area (Å²) in [5.41, 5.74) is 0.421. The van der Waals surface area contributed by atoms with Crippen LogP contribution in [0.3, 0.4) is 0 Å². The monoisotopic (exact) mass is 351 g/mol. The van der Waals surface area contributed by atoms with Crippen molar-refractivity contribution in [2.24, 2.45) is 0 Å². The summed E-state index contributed by atoms with van der Waals surface area (Å²) in [7, 11) is 0. The molecule has 1 aromatic carbocycles. The zero-order chi connectivity index (χ0) is 17.5. The lowest BCUT2D eigenvalue weighted by Gasteiger charge is -2.35. The first kappa shape index (κ1) is 18.3. The van der Waals surface area contributed by atoms with Gasteiger partial charge in [0.15, 0.2) is 0 Å². The van der Waals surface area contributed by atoms with Crippen molar-refractivity contribution in [1.82, 2.24) is 10.2 Å². The van der Waals surface area contributed by atoms with Crippen LogP contribution in [0.25, 0.3) is 0 Å². The Morgan fingerprint density at radius 2 is 2.00 bits per heavy atom. The number of hydrogen-bond acceptors (Lipinski definition) is 3. The van der Waals surface area contributed by atoms with E-state index in [0.29, 0.717) is 30.2 Å². The summed E-state index contributed by atoms with van der Waals surface area (Å²) >= 11 is 6.01. The van der Waals surface area contributed by atoms with Crippen LogP contribution < -0.4 is 10.6 Å². The molecule has 1 atom stereocenters. The first-order valence-electron chi connectivity index (χ1n) is 8.10. The van der Waals surface area contributed by atoms with Crippen LogP contribution in [-0.4, -0.2) is 41.8 Å². The van der Waals surface area contributed by atoms with Crippen molar-refractivity contribution in [3.63, 3.8) is 0 Å². The number of nitrogens with one attached hydrogen (secondary N) is 2. The molecule has 0 saturated carbocycles. The lowest BCUT2D eigenvalue weighted by molar-refractivity contribution is -0.145. The molecule has 7 heteroatoms. The Kier molecular flexibility index (Phi) is 6.61. The number of hydrogen-bond donors (Lipinski definition) is 2. The molecule has 0 unspecified atom stereocenters. The number of carbonyl (C=O) groups is 3. The summed E-state index contributed by atoms with van der Waals surface area (Å²) in [6.07, 6.45) is 3.37. The van der Waals surface area contributed by atoms with Crippen molar-refractivity contribution in [2.75, 3.05) is 18.4 Å². The summed E-state index contributed by atoms with van der Waals surface area (Å²) < 4.78 is 0. The molecule has 2 rings (SSSR count). The summed E-state index contributed by atoms with van der Waals surface area (Å²) in [6, 6.07) is 6.76. The van der Waals surface area contributed by atoms with Gasteiger partial charge in [-0.1, -0.05) is 23.7 Å². The lowest BCUT2D eigenvalue weighted by atomic mass is 9.99. The molecule has 1 heterocycles. The van der Waals surface area contributed by atoms with Crippen LogP contribution in [0.5, 0.6) is 0 Å². The molecule has 1 fully saturated rings. The average molecular weight is 352 g/mol. The second kappa shape index (κ2) is 8.68. The Hall–Kier alpha value is -2.08. The molecule has 24 heavy (non-hydrogen) atoms. The second-order valence-corrected chi connectivity index (χ2v) is 6.26. The second-order valence-electron chi connectivity index (χ2n) is 5.85. The minimum absolute atomic E-state index is 0.0323. The third-order valence-electron chi connectivity index (χ3n) is 4.06. The van der Waals surface area contributed by atoms with E-state index in [9.17, 15) is 14.4 Å². The highest BCUT2D eigenvalue weighted by molar-refractivity contribution is 6.41. The zero-order valence-corrected chi connectivity index (χ0v) is 14.4. The smallest absolute Gasteiger partial charge is 0.313 e. The molecule has 1 aliphatic heterocycles. The van der Waals surface area contributed by atoms with Gasteiger partial charge in [-0.2, -0.15) is 0 Å². The number of benzene rings is 1. The van der Waals surface area contributed by atoms with Crippen LogP contribution in [0.4, 0.5) is 5.69 Å². The molecule has 6 nitrogen and oxygen atoms in total. The molecule has 0 aromatic heterocycles. The van der Waals surface area contributed by atoms with E-state index in [1.165, 1.54) is 6.92 Å². The lowest BCUT2D eigenvalue weighted by Crippen LogP contribution is -2.49. The predicted octanol–water partition coefficient (Wildman–Crippen LogP) is 2.19. The molecule has 1 aromatic rings. The third-order valence-corrected chi connectivity index (χ3v) is 4.39. The normalized spacial score (nSPS) is 17.2. The van der Waals surface area contributed by atoms with E-state index < -0.39 is 11.8 Å². The number of anilines is 1. The van der Waals surface area contributed by atoms with Crippen molar-refractivity contribution in [3.05, 3.63) is 29.3 Å². The molecule has 0 radical (unpaired) electrons. The number of carbonyl (C=O) groups excluding carboxylic acids is 3. The van der Waals surface area contributed by atoms with Gasteiger partial charge in [0.2, 0.25) is 5.91 Å². The summed E-state index contributed by atoms with van der Waals surface area (Å²) in [4.78, 5) is 37.3. The molecule has 2 N–H and O–H groups in total. The topological polar surface area (TPSA) is 78.5 Å². The molecule has 130 valence electrons. The van der Waals surface area contributed by atoms with Gasteiger partial charge in [0.25, 0.3) is 0 Å². The van der Waals surface area contributed by atoms with Crippen molar-refractivity contribution < 1.29 is 14.4 Å². The van der Waals surface area contributed by atoms with Crippen molar-refractivity contribution in [3.8, 4) is 0 Å². The highest BCUT2D eigenvalue weighted by Crippen LogP contribution is 2.22. The molecule has 1 aliphatic rings. The maximum Gasteiger partial charge on any atom is 0.313 e. The van der Waals surface area contributed by atoms with Crippen LogP contribution in [0.15, 0.2) is 24.3 Å². The van der Waals surface area contributed by atoms with Gasteiger partial charge in [-0.25, -0.2) is 0 Å². The zero-order valence-electron chi connectivity index (χ0n) is 13.7. The maximum absolute atomic E-state index is 12.5. The fourth-order valence-corrected chi connectivity index (χ4v) is 3.03. The number of likely N-dealkylation sites (tertiary alicyclic amines) is 1. The van der Waals surface area contributed by atoms with E-state index in [2.05, 4.69) is 10.6 Å². The number of rotatable bonds is 4. The Morgan fingerprint density at radius 3 is 2.71 bits per heavy atom. The predicted molar refractivity (Wildman–Crippen MR) is 92.7 cm³/mol. The van der Waals surface area contributed by atoms with E-state index in [-0.39, 0.29) is 11.9 Å². The Morgan fingerprint density at radius 1 is 1.25 bits per heavy atom. The summed E-state index contributed by atoms with van der Waals surface area (Å²) in [5, 5.41) is 5.69. The number of para-hydroxylation sites is 1. The molecular weight excluding hydrogens is 330 g/mol. The van der Waals surface area contributed by atoms with Gasteiger partial charge in [0.05, 0.1) is 10.7 Å². The molecule has 0 bridgehead atoms. The minimum atomic E-state index is -0.686. The van der Waals surface area contributed by atoms with Crippen molar-refractivity contribution in [2.45, 2.75) is 38.6 Å². The number of amides is 3. The number of halogens is 1. The number of nitrogens with zero attached hydrogens (tertiary/aromatic N) is 1. The van der Waals surface area contributed by atoms with Gasteiger partial charge in [-0.15, -0.1) is 0 Å². The molecular formula is C17H22ClN3O3. The van der Waals surface area contributed by atoms with E-state index in [4.69, 9.17) is 11.6 Å². The summed E-state index contributed by atoms with van der Waals surface area (Å²) in [5.74, 6) is -1.34. The van der Waals surface area contributed by atoms with Crippen LogP contribution in [-0.2, 0) is 14.4 Å². The molecule has 3 amide bonds. The molecule has 0 aliphatic carbocycles. The van der Waals surface area contributed by atoms with Crippen molar-refractivity contribution in [1.29, 1.82) is 0 Å². The minimum Gasteiger partial charge on any atom is -0.356 e. The SMILES string of the molecule is CC(=O)NCC[C@@H]1CCCCN1C(=O)C(=O)Nc1ccccc1Cl. The van der Waals surface area contributed by atoms with Gasteiger partial charge in [-0.3, -0.25) is 14.4 Å². The van der Waals surface area contributed by atoms with Crippen LogP contribution in [0.2, 0.25) is 5.02 Å². The van der Waals surface area contributed by atoms with Crippen molar-refractivity contribution >= 4 is 35.0 Å². The van der Waals surface area contributed by atoms with Crippen LogP contribution in [0.1, 0.15) is 32.6 Å². The largest absolute Gasteiger partial charge is 0.356 e. The van der Waals surface area contributed by atoms with Crippen LogP contribution >= 0.6 is 11.6 Å². The van der Waals surface area contributed by atoms with E-state index >= 15 is 0 Å². The quantitative estimate of drug-likeness (QED) is 0.816. The first-order valence-corrected chi connectivity index (χ1v) is 8.47. The highest BCUT2D eigenvalue weighted by atomic mass is 35.5. The highest BCUT2D eigenvalue weighted by Gasteiger charge is 2.30. The van der Waals surface area contributed by atoms with Gasteiger partial charge in [0, 0.05) is 26.1 Å². The fourth-order valence-electron chi connectivity index (χ4n) is 2.85. The Labute approximate surface area is 146 Å². The Bertz CT molecular complexity index is 621. The van der Waals surface area contributed by atoms with E-state index in [1.807, 2.05) is 0 Å². The van der Waals surface area contributed by atoms with E-state index in [1.54, 1.807) is 29.2 Å². The standard InChI is InChI=1S/C17H22ClN3O3/c1-12(22)19-10-9-13-6-4-5-11-21(13)17(24)16(23)20-15-8-3-2-7-14(15)18/h2-3,7-8,13H,4-6,9-11H2,1H3,(H,19,22)(H,20,23)/t13-/m0/s1. The first-order chi connectivity index (χ1) is 11.5. The molecule has 1 saturated heterocycles. The molecule has 0 spiro atoms. The maximum atomic E-state index is 12.5. The Balaban J connectivity index is 1.98. The van der Waals surface area contributed by atoms with Gasteiger partial charge in [0.1, 0.15) is 0 Å². The van der Waals surface area contributed by atoms with Crippen LogP contribution in [0, 0.1) is 0 Å². The van der Waals surface area contributed by atoms with E-state index in [0.717, 1.165) is 19.3 Å². The van der Waals surface area contributed by atoms with Gasteiger partial charge in [-0.05, 0) is 37.8 Å².